The maximum atomic E-state index is 8.19. The molecule has 1 aromatic rings. The third-order valence-electron chi connectivity index (χ3n) is 1.13. The van der Waals surface area contributed by atoms with Gasteiger partial charge in [0.2, 0.25) is 0 Å². The summed E-state index contributed by atoms with van der Waals surface area (Å²) in [7, 11) is 1.81. The second kappa shape index (κ2) is 3.68. The fraction of sp³-hybridized carbons (Fsp3) is 0.500. The van der Waals surface area contributed by atoms with Gasteiger partial charge in [0.15, 0.2) is 5.82 Å². The van der Waals surface area contributed by atoms with E-state index >= 15 is 0 Å². The topological polar surface area (TPSA) is 66.5 Å². The summed E-state index contributed by atoms with van der Waals surface area (Å²) in [6.07, 6.45) is 1.63. The quantitative estimate of drug-likeness (QED) is 0.464. The van der Waals surface area contributed by atoms with Gasteiger partial charge < -0.3 is 0 Å². The summed E-state index contributed by atoms with van der Waals surface area (Å²) in [5, 5.41) is 15.1. The third-order valence-corrected chi connectivity index (χ3v) is 1.13. The van der Waals surface area contributed by atoms with E-state index in [1.54, 1.807) is 18.1 Å². The van der Waals surface area contributed by atoms with Gasteiger partial charge in [-0.2, -0.15) is 10.4 Å². The van der Waals surface area contributed by atoms with Crippen LogP contribution in [0.3, 0.4) is 0 Å². The van der Waals surface area contributed by atoms with Crippen LogP contribution in [0.4, 0.5) is 0 Å². The Morgan fingerprint density at radius 3 is 3.18 bits per heavy atom. The first kappa shape index (κ1) is 7.69. The van der Waals surface area contributed by atoms with Crippen molar-refractivity contribution in [3.63, 3.8) is 0 Å². The molecule has 0 aromatic carbocycles. The van der Waals surface area contributed by atoms with Crippen LogP contribution in [0.15, 0.2) is 6.33 Å². The van der Waals surface area contributed by atoms with E-state index in [1.807, 2.05) is 6.07 Å². The molecule has 11 heavy (non-hydrogen) atoms. The van der Waals surface area contributed by atoms with E-state index in [0.717, 1.165) is 0 Å². The van der Waals surface area contributed by atoms with Crippen molar-refractivity contribution in [3.05, 3.63) is 12.2 Å². The molecule has 0 amide bonds. The molecule has 1 aromatic heterocycles. The Kier molecular flexibility index (Phi) is 2.58. The van der Waals surface area contributed by atoms with Gasteiger partial charge in [-0.1, -0.05) is 0 Å². The fourth-order valence-electron chi connectivity index (χ4n) is 0.695. The molecule has 0 radical (unpaired) electrons. The van der Waals surface area contributed by atoms with E-state index in [-0.39, 0.29) is 0 Å². The van der Waals surface area contributed by atoms with Gasteiger partial charge in [-0.05, 0) is 0 Å². The Morgan fingerprint density at radius 2 is 2.64 bits per heavy atom. The fourth-order valence-corrected chi connectivity index (χ4v) is 0.695. The van der Waals surface area contributed by atoms with Gasteiger partial charge in [0.25, 0.3) is 0 Å². The van der Waals surface area contributed by atoms with Crippen LogP contribution in [-0.4, -0.2) is 21.3 Å². The summed E-state index contributed by atoms with van der Waals surface area (Å²) in [5.41, 5.74) is 0. The van der Waals surface area contributed by atoms with Crippen molar-refractivity contribution in [2.24, 2.45) is 7.05 Å². The average Bonchev–Trinajstić information content (AvgIpc) is 2.37. The monoisotopic (exact) mass is 151 g/mol. The minimum Gasteiger partial charge on any atom is -0.297 e. The van der Waals surface area contributed by atoms with Crippen LogP contribution in [0.1, 0.15) is 5.82 Å². The van der Waals surface area contributed by atoms with Crippen molar-refractivity contribution in [2.45, 2.75) is 6.54 Å². The molecule has 58 valence electrons. The van der Waals surface area contributed by atoms with Crippen molar-refractivity contribution >= 4 is 0 Å². The number of rotatable bonds is 3. The lowest BCUT2D eigenvalue weighted by Crippen LogP contribution is -2.14. The van der Waals surface area contributed by atoms with E-state index in [9.17, 15) is 0 Å². The van der Waals surface area contributed by atoms with Gasteiger partial charge in [-0.15, -0.1) is 0 Å². The second-order valence-corrected chi connectivity index (χ2v) is 2.10. The molecule has 5 nitrogen and oxygen atoms in total. The number of nitriles is 1. The van der Waals surface area contributed by atoms with E-state index in [4.69, 9.17) is 5.26 Å². The highest BCUT2D eigenvalue weighted by Gasteiger charge is 1.95. The molecule has 1 N–H and O–H groups in total. The average molecular weight is 151 g/mol. The van der Waals surface area contributed by atoms with Crippen molar-refractivity contribution < 1.29 is 0 Å². The van der Waals surface area contributed by atoms with Crippen molar-refractivity contribution in [1.82, 2.24) is 20.1 Å². The van der Waals surface area contributed by atoms with Crippen molar-refractivity contribution in [1.29, 1.82) is 5.26 Å². The van der Waals surface area contributed by atoms with Crippen LogP contribution >= 0.6 is 0 Å². The summed E-state index contributed by atoms with van der Waals surface area (Å²) in [6.45, 7) is 0.882. The molecule has 0 fully saturated rings. The summed E-state index contributed by atoms with van der Waals surface area (Å²) in [4.78, 5) is 3.97. The first-order chi connectivity index (χ1) is 5.33. The van der Waals surface area contributed by atoms with Crippen molar-refractivity contribution in [2.75, 3.05) is 6.54 Å². The summed E-state index contributed by atoms with van der Waals surface area (Å²) in [5.74, 6) is 0.711. The van der Waals surface area contributed by atoms with Gasteiger partial charge in [-0.3, -0.25) is 10.00 Å². The first-order valence-corrected chi connectivity index (χ1v) is 3.25. The SMILES string of the molecule is Cn1cnc(CNCC#N)n1. The van der Waals surface area contributed by atoms with Gasteiger partial charge in [-0.25, -0.2) is 4.98 Å². The molecule has 0 aliphatic rings. The lowest BCUT2D eigenvalue weighted by Gasteiger charge is -1.91. The predicted octanol–water partition coefficient (Wildman–Crippen LogP) is -0.572. The van der Waals surface area contributed by atoms with Crippen LogP contribution in [0, 0.1) is 11.3 Å². The van der Waals surface area contributed by atoms with Crippen LogP contribution in [-0.2, 0) is 13.6 Å². The first-order valence-electron chi connectivity index (χ1n) is 3.25. The highest BCUT2D eigenvalue weighted by molar-refractivity contribution is 4.82. The van der Waals surface area contributed by atoms with Crippen molar-refractivity contribution in [3.8, 4) is 6.07 Å². The largest absolute Gasteiger partial charge is 0.297 e. The lowest BCUT2D eigenvalue weighted by molar-refractivity contribution is 0.690. The standard InChI is InChI=1S/C6H9N5/c1-11-5-9-6(10-11)4-8-3-2-7/h5,8H,3-4H2,1H3. The Morgan fingerprint density at radius 1 is 1.82 bits per heavy atom. The zero-order valence-electron chi connectivity index (χ0n) is 6.28. The van der Waals surface area contributed by atoms with Crippen LogP contribution in [0.2, 0.25) is 0 Å². The zero-order valence-corrected chi connectivity index (χ0v) is 6.28. The number of nitrogens with zero attached hydrogens (tertiary/aromatic N) is 4. The third kappa shape index (κ3) is 2.35. The summed E-state index contributed by atoms with van der Waals surface area (Å²) in [6, 6.07) is 1.97. The molecule has 1 heterocycles. The molecule has 5 heteroatoms. The van der Waals surface area contributed by atoms with Crippen LogP contribution in [0.25, 0.3) is 0 Å². The number of aryl methyl sites for hydroxylation is 1. The number of aromatic nitrogens is 3. The highest BCUT2D eigenvalue weighted by atomic mass is 15.3. The molecule has 0 aliphatic heterocycles. The molecule has 0 spiro atoms. The zero-order chi connectivity index (χ0) is 8.10. The van der Waals surface area contributed by atoms with E-state index in [0.29, 0.717) is 18.9 Å². The smallest absolute Gasteiger partial charge is 0.164 e. The van der Waals surface area contributed by atoms with Crippen LogP contribution in [0.5, 0.6) is 0 Å². The Labute approximate surface area is 64.7 Å². The van der Waals surface area contributed by atoms with Gasteiger partial charge in [0.05, 0.1) is 19.2 Å². The van der Waals surface area contributed by atoms with Gasteiger partial charge in [0, 0.05) is 7.05 Å². The molecule has 1 rings (SSSR count). The Hall–Kier alpha value is -1.41. The molecular weight excluding hydrogens is 142 g/mol. The van der Waals surface area contributed by atoms with Gasteiger partial charge in [0.1, 0.15) is 6.33 Å². The maximum absolute atomic E-state index is 8.19. The number of hydrogen-bond acceptors (Lipinski definition) is 4. The number of nitrogens with one attached hydrogen (secondary N) is 1. The highest BCUT2D eigenvalue weighted by Crippen LogP contribution is 1.85. The minimum atomic E-state index is 0.332. The summed E-state index contributed by atoms with van der Waals surface area (Å²) >= 11 is 0. The molecule has 0 atom stereocenters. The van der Waals surface area contributed by atoms with E-state index in [1.165, 1.54) is 0 Å². The molecule has 0 bridgehead atoms. The number of hydrogen-bond donors (Lipinski definition) is 1. The summed E-state index contributed by atoms with van der Waals surface area (Å²) < 4.78 is 1.63. The maximum Gasteiger partial charge on any atom is 0.164 e. The van der Waals surface area contributed by atoms with E-state index < -0.39 is 0 Å². The normalized spacial score (nSPS) is 9.45. The molecule has 0 aliphatic carbocycles. The van der Waals surface area contributed by atoms with E-state index in [2.05, 4.69) is 15.4 Å². The molecule has 0 saturated heterocycles. The Bertz CT molecular complexity index is 258. The predicted molar refractivity (Wildman–Crippen MR) is 38.3 cm³/mol. The second-order valence-electron chi connectivity index (χ2n) is 2.10. The Balaban J connectivity index is 2.34. The molecular formula is C6H9N5. The lowest BCUT2D eigenvalue weighted by atomic mass is 10.6. The van der Waals surface area contributed by atoms with Crippen LogP contribution < -0.4 is 5.32 Å². The molecule has 0 unspecified atom stereocenters. The minimum absolute atomic E-state index is 0.332. The molecule has 0 saturated carbocycles. The van der Waals surface area contributed by atoms with Gasteiger partial charge >= 0.3 is 0 Å².